The summed E-state index contributed by atoms with van der Waals surface area (Å²) in [6.45, 7) is 3.32. The fourth-order valence-electron chi connectivity index (χ4n) is 5.09. The quantitative estimate of drug-likeness (QED) is 0.511. The summed E-state index contributed by atoms with van der Waals surface area (Å²) >= 11 is 0. The number of alkyl halides is 3. The number of nitrogens with one attached hydrogen (secondary N) is 1. The lowest BCUT2D eigenvalue weighted by Gasteiger charge is -2.48. The SMILES string of the molecule is Cc1ccc(NC(=O)c2ccnc(C(C)(F)F)c2)cc1-c1ccc2c(c1)N1CCOC[C@H]1[C@](F)(CO)C2. The molecule has 1 aromatic heterocycles. The van der Waals surface area contributed by atoms with Crippen LogP contribution in [0.3, 0.4) is 0 Å². The fraction of sp³-hybridized carbons (Fsp3) is 0.357. The maximum absolute atomic E-state index is 15.6. The third-order valence-corrected chi connectivity index (χ3v) is 7.15. The van der Waals surface area contributed by atoms with E-state index in [1.807, 2.05) is 42.2 Å². The van der Waals surface area contributed by atoms with Crippen LogP contribution in [0, 0.1) is 6.92 Å². The number of nitrogens with zero attached hydrogens (tertiary/aromatic N) is 2. The van der Waals surface area contributed by atoms with Gasteiger partial charge in [0, 0.05) is 43.0 Å². The zero-order chi connectivity index (χ0) is 26.4. The van der Waals surface area contributed by atoms with Gasteiger partial charge in [-0.25, -0.2) is 4.39 Å². The zero-order valence-electron chi connectivity index (χ0n) is 20.6. The molecule has 194 valence electrons. The number of fused-ring (bicyclic) bond motifs is 3. The summed E-state index contributed by atoms with van der Waals surface area (Å²) in [6.07, 6.45) is 1.29. The van der Waals surface area contributed by atoms with Gasteiger partial charge in [0.25, 0.3) is 11.8 Å². The molecule has 0 radical (unpaired) electrons. The molecule has 0 aliphatic carbocycles. The van der Waals surface area contributed by atoms with Crippen molar-refractivity contribution >= 4 is 17.3 Å². The summed E-state index contributed by atoms with van der Waals surface area (Å²) in [4.78, 5) is 18.5. The average Bonchev–Trinajstić information content (AvgIpc) is 2.89. The Labute approximate surface area is 213 Å². The first-order valence-corrected chi connectivity index (χ1v) is 12.1. The van der Waals surface area contributed by atoms with E-state index < -0.39 is 35.8 Å². The van der Waals surface area contributed by atoms with Crippen molar-refractivity contribution in [3.63, 3.8) is 0 Å². The first-order chi connectivity index (χ1) is 17.6. The molecule has 37 heavy (non-hydrogen) atoms. The van der Waals surface area contributed by atoms with Crippen LogP contribution in [-0.2, 0) is 17.1 Å². The van der Waals surface area contributed by atoms with E-state index in [4.69, 9.17) is 4.74 Å². The van der Waals surface area contributed by atoms with Crippen molar-refractivity contribution in [3.05, 3.63) is 77.1 Å². The molecule has 1 fully saturated rings. The van der Waals surface area contributed by atoms with Crippen LogP contribution in [0.25, 0.3) is 11.1 Å². The van der Waals surface area contributed by atoms with Gasteiger partial charge in [0.05, 0.1) is 25.9 Å². The average molecular weight is 512 g/mol. The second-order valence-electron chi connectivity index (χ2n) is 9.80. The molecule has 0 unspecified atom stereocenters. The van der Waals surface area contributed by atoms with Crippen LogP contribution in [0.2, 0.25) is 0 Å². The number of aliphatic hydroxyl groups is 1. The fourth-order valence-corrected chi connectivity index (χ4v) is 5.09. The molecular weight excluding hydrogens is 483 g/mol. The summed E-state index contributed by atoms with van der Waals surface area (Å²) < 4.78 is 48.4. The van der Waals surface area contributed by atoms with Crippen molar-refractivity contribution in [3.8, 4) is 11.1 Å². The Morgan fingerprint density at radius 1 is 1.24 bits per heavy atom. The largest absolute Gasteiger partial charge is 0.393 e. The van der Waals surface area contributed by atoms with Gasteiger partial charge in [0.15, 0.2) is 5.67 Å². The molecule has 3 aromatic rings. The van der Waals surface area contributed by atoms with Gasteiger partial charge < -0.3 is 20.1 Å². The number of carbonyl (C=O) groups excluding carboxylic acids is 1. The van der Waals surface area contributed by atoms with Crippen molar-refractivity contribution in [1.29, 1.82) is 0 Å². The predicted molar refractivity (Wildman–Crippen MR) is 135 cm³/mol. The van der Waals surface area contributed by atoms with Crippen LogP contribution >= 0.6 is 0 Å². The van der Waals surface area contributed by atoms with Crippen molar-refractivity contribution in [1.82, 2.24) is 4.98 Å². The lowest BCUT2D eigenvalue weighted by Crippen LogP contribution is -2.62. The molecule has 0 spiro atoms. The molecule has 2 aliphatic rings. The van der Waals surface area contributed by atoms with E-state index in [0.717, 1.165) is 40.9 Å². The number of aromatic nitrogens is 1. The summed E-state index contributed by atoms with van der Waals surface area (Å²) in [6, 6.07) is 13.2. The molecule has 9 heteroatoms. The van der Waals surface area contributed by atoms with Gasteiger partial charge in [-0.3, -0.25) is 9.78 Å². The number of pyridine rings is 1. The number of hydrogen-bond acceptors (Lipinski definition) is 5. The number of amides is 1. The van der Waals surface area contributed by atoms with Gasteiger partial charge in [-0.15, -0.1) is 0 Å². The molecular formula is C28H28F3N3O3. The third-order valence-electron chi connectivity index (χ3n) is 7.15. The Kier molecular flexibility index (Phi) is 6.45. The van der Waals surface area contributed by atoms with E-state index in [-0.39, 0.29) is 18.6 Å². The van der Waals surface area contributed by atoms with Gasteiger partial charge >= 0.3 is 0 Å². The molecule has 0 bridgehead atoms. The minimum Gasteiger partial charge on any atom is -0.393 e. The van der Waals surface area contributed by atoms with Gasteiger partial charge in [-0.2, -0.15) is 8.78 Å². The van der Waals surface area contributed by atoms with Crippen molar-refractivity contribution in [2.75, 3.05) is 36.6 Å². The first kappa shape index (κ1) is 25.2. The normalized spacial score (nSPS) is 21.2. The second kappa shape index (κ2) is 9.46. The van der Waals surface area contributed by atoms with E-state index in [1.54, 1.807) is 6.07 Å². The van der Waals surface area contributed by atoms with Crippen molar-refractivity contribution in [2.24, 2.45) is 0 Å². The van der Waals surface area contributed by atoms with E-state index in [2.05, 4.69) is 10.3 Å². The zero-order valence-corrected chi connectivity index (χ0v) is 20.6. The number of rotatable bonds is 5. The lowest BCUT2D eigenvalue weighted by atomic mass is 9.82. The summed E-state index contributed by atoms with van der Waals surface area (Å²) in [5.41, 5.74) is 2.82. The highest BCUT2D eigenvalue weighted by Crippen LogP contribution is 2.42. The number of ether oxygens (including phenoxy) is 1. The van der Waals surface area contributed by atoms with Crippen molar-refractivity contribution in [2.45, 2.75) is 37.9 Å². The van der Waals surface area contributed by atoms with E-state index in [0.29, 0.717) is 18.8 Å². The number of morpholine rings is 1. The number of aliphatic hydroxyl groups excluding tert-OH is 1. The highest BCUT2D eigenvalue weighted by atomic mass is 19.3. The highest BCUT2D eigenvalue weighted by Gasteiger charge is 2.48. The van der Waals surface area contributed by atoms with E-state index in [1.165, 1.54) is 12.3 Å². The Morgan fingerprint density at radius 3 is 2.81 bits per heavy atom. The molecule has 1 saturated heterocycles. The Morgan fingerprint density at radius 2 is 2.05 bits per heavy atom. The van der Waals surface area contributed by atoms with Gasteiger partial charge in [-0.1, -0.05) is 18.2 Å². The molecule has 1 amide bonds. The molecule has 2 atom stereocenters. The number of carbonyl (C=O) groups is 1. The smallest absolute Gasteiger partial charge is 0.286 e. The Bertz CT molecular complexity index is 1340. The molecule has 2 aliphatic heterocycles. The van der Waals surface area contributed by atoms with Crippen LogP contribution in [0.5, 0.6) is 0 Å². The molecule has 5 rings (SSSR count). The topological polar surface area (TPSA) is 74.7 Å². The molecule has 0 saturated carbocycles. The number of hydrogen-bond donors (Lipinski definition) is 2. The monoisotopic (exact) mass is 511 g/mol. The van der Waals surface area contributed by atoms with Crippen LogP contribution in [0.15, 0.2) is 54.7 Å². The molecule has 6 nitrogen and oxygen atoms in total. The molecule has 2 N–H and O–H groups in total. The Balaban J connectivity index is 1.45. The maximum atomic E-state index is 15.6. The van der Waals surface area contributed by atoms with E-state index >= 15 is 4.39 Å². The third kappa shape index (κ3) is 4.81. The van der Waals surface area contributed by atoms with Crippen molar-refractivity contribution < 1.29 is 27.8 Å². The minimum atomic E-state index is -3.15. The predicted octanol–water partition coefficient (Wildman–Crippen LogP) is 4.88. The number of halogens is 3. The standard InChI is InChI=1S/C28H28F3N3O3/c1-17-3-6-21(33-26(36)19-7-8-32-24(12-19)27(2,29)30)13-22(17)18-4-5-20-14-28(31,16-35)25-15-37-10-9-34(25)23(20)11-18/h3-8,11-13,25,35H,9-10,14-16H2,1-2H3,(H,33,36)/t25-,28+/m0/s1. The Hall–Kier alpha value is -3.43. The van der Waals surface area contributed by atoms with E-state index in [9.17, 15) is 18.7 Å². The maximum Gasteiger partial charge on any atom is 0.286 e. The van der Waals surface area contributed by atoms with Gasteiger partial charge in [-0.05, 0) is 59.5 Å². The second-order valence-corrected chi connectivity index (χ2v) is 9.80. The van der Waals surface area contributed by atoms with Crippen LogP contribution in [-0.4, -0.2) is 54.1 Å². The van der Waals surface area contributed by atoms with Crippen LogP contribution < -0.4 is 10.2 Å². The minimum absolute atomic E-state index is 0.0828. The lowest BCUT2D eigenvalue weighted by molar-refractivity contribution is -0.0173. The van der Waals surface area contributed by atoms with Gasteiger partial charge in [0.1, 0.15) is 5.69 Å². The van der Waals surface area contributed by atoms with Crippen LogP contribution in [0.1, 0.15) is 34.1 Å². The molecule has 3 heterocycles. The summed E-state index contributed by atoms with van der Waals surface area (Å²) in [5, 5.41) is 12.6. The van der Waals surface area contributed by atoms with Gasteiger partial charge in [0.2, 0.25) is 0 Å². The highest BCUT2D eigenvalue weighted by molar-refractivity contribution is 6.04. The number of anilines is 2. The first-order valence-electron chi connectivity index (χ1n) is 12.1. The number of aryl methyl sites for hydroxylation is 1. The number of benzene rings is 2. The molecule has 2 aromatic carbocycles. The van der Waals surface area contributed by atoms with Crippen LogP contribution in [0.4, 0.5) is 24.5 Å². The summed E-state index contributed by atoms with van der Waals surface area (Å²) in [5.74, 6) is -3.68. The summed E-state index contributed by atoms with van der Waals surface area (Å²) in [7, 11) is 0.